The van der Waals surface area contributed by atoms with Gasteiger partial charge in [-0.25, -0.2) is 4.39 Å². The average molecular weight is 265 g/mol. The molecule has 2 rings (SSSR count). The summed E-state index contributed by atoms with van der Waals surface area (Å²) < 4.78 is 19.3. The van der Waals surface area contributed by atoms with Crippen molar-refractivity contribution in [1.82, 2.24) is 0 Å². The van der Waals surface area contributed by atoms with E-state index in [0.717, 1.165) is 19.3 Å². The monoisotopic (exact) mass is 265 g/mol. The van der Waals surface area contributed by atoms with Gasteiger partial charge in [-0.2, -0.15) is 0 Å². The topological polar surface area (TPSA) is 35.2 Å². The highest BCUT2D eigenvalue weighted by Gasteiger charge is 2.36. The van der Waals surface area contributed by atoms with Crippen LogP contribution in [-0.2, 0) is 6.42 Å². The van der Waals surface area contributed by atoms with Gasteiger partial charge in [0.25, 0.3) is 0 Å². The summed E-state index contributed by atoms with van der Waals surface area (Å²) in [6, 6.07) is 5.32. The molecule has 2 nitrogen and oxygen atoms in total. The minimum Gasteiger partial charge on any atom is -0.494 e. The van der Waals surface area contributed by atoms with E-state index in [1.807, 2.05) is 12.1 Å². The van der Waals surface area contributed by atoms with Crippen molar-refractivity contribution >= 4 is 0 Å². The summed E-state index contributed by atoms with van der Waals surface area (Å²) in [4.78, 5) is 0. The largest absolute Gasteiger partial charge is 0.494 e. The molecule has 0 aromatic heterocycles. The second-order valence-corrected chi connectivity index (χ2v) is 5.69. The molecular formula is C16H24FNO. The van der Waals surface area contributed by atoms with Gasteiger partial charge in [-0.05, 0) is 36.8 Å². The zero-order chi connectivity index (χ0) is 13.9. The molecular weight excluding hydrogens is 241 g/mol. The summed E-state index contributed by atoms with van der Waals surface area (Å²) in [6.07, 6.45) is 6.23. The first kappa shape index (κ1) is 14.3. The molecule has 1 aromatic rings. The van der Waals surface area contributed by atoms with Gasteiger partial charge in [0.2, 0.25) is 0 Å². The van der Waals surface area contributed by atoms with Gasteiger partial charge in [0, 0.05) is 5.54 Å². The lowest BCUT2D eigenvalue weighted by Crippen LogP contribution is -2.51. The van der Waals surface area contributed by atoms with E-state index in [1.165, 1.54) is 20.0 Å². The lowest BCUT2D eigenvalue weighted by atomic mass is 9.69. The first-order valence-electron chi connectivity index (χ1n) is 7.21. The Morgan fingerprint density at radius 3 is 2.89 bits per heavy atom. The van der Waals surface area contributed by atoms with Crippen LogP contribution in [0.4, 0.5) is 4.39 Å². The molecule has 1 aromatic carbocycles. The number of methoxy groups -OCH3 is 1. The number of benzene rings is 1. The molecule has 1 fully saturated rings. The molecule has 19 heavy (non-hydrogen) atoms. The molecule has 1 aliphatic rings. The summed E-state index contributed by atoms with van der Waals surface area (Å²) in [6.45, 7) is 2.18. The van der Waals surface area contributed by atoms with Gasteiger partial charge in [0.15, 0.2) is 11.6 Å². The number of ether oxygens (including phenoxy) is 1. The lowest BCUT2D eigenvalue weighted by molar-refractivity contribution is 0.180. The first-order chi connectivity index (χ1) is 9.10. The van der Waals surface area contributed by atoms with Gasteiger partial charge >= 0.3 is 0 Å². The molecule has 0 bridgehead atoms. The maximum absolute atomic E-state index is 14.2. The number of hydrogen-bond acceptors (Lipinski definition) is 2. The van der Waals surface area contributed by atoms with Crippen LogP contribution in [0.2, 0.25) is 0 Å². The van der Waals surface area contributed by atoms with Gasteiger partial charge in [-0.15, -0.1) is 0 Å². The third kappa shape index (κ3) is 2.92. The van der Waals surface area contributed by atoms with Gasteiger partial charge < -0.3 is 10.5 Å². The van der Waals surface area contributed by atoms with Crippen LogP contribution in [0.1, 0.15) is 44.6 Å². The van der Waals surface area contributed by atoms with Crippen LogP contribution in [0.5, 0.6) is 5.75 Å². The minimum atomic E-state index is -0.264. The van der Waals surface area contributed by atoms with Crippen molar-refractivity contribution in [3.05, 3.63) is 29.6 Å². The van der Waals surface area contributed by atoms with Gasteiger partial charge in [0.05, 0.1) is 7.11 Å². The van der Waals surface area contributed by atoms with Crippen molar-refractivity contribution in [3.8, 4) is 5.75 Å². The lowest BCUT2D eigenvalue weighted by Gasteiger charge is -2.41. The number of rotatable bonds is 4. The highest BCUT2D eigenvalue weighted by Crippen LogP contribution is 2.37. The first-order valence-corrected chi connectivity index (χ1v) is 7.21. The highest BCUT2D eigenvalue weighted by atomic mass is 19.1. The fourth-order valence-corrected chi connectivity index (χ4v) is 3.38. The van der Waals surface area contributed by atoms with E-state index in [9.17, 15) is 4.39 Å². The van der Waals surface area contributed by atoms with Crippen LogP contribution in [0.25, 0.3) is 0 Å². The molecule has 0 radical (unpaired) electrons. The van der Waals surface area contributed by atoms with Crippen molar-refractivity contribution in [2.45, 2.75) is 51.0 Å². The molecule has 1 saturated carbocycles. The Balaban J connectivity index is 2.23. The van der Waals surface area contributed by atoms with Crippen LogP contribution in [0.3, 0.4) is 0 Å². The Kier molecular flexibility index (Phi) is 4.46. The zero-order valence-corrected chi connectivity index (χ0v) is 11.9. The van der Waals surface area contributed by atoms with E-state index >= 15 is 0 Å². The van der Waals surface area contributed by atoms with Crippen molar-refractivity contribution in [2.75, 3.05) is 7.11 Å². The van der Waals surface area contributed by atoms with Crippen molar-refractivity contribution in [2.24, 2.45) is 11.7 Å². The molecule has 0 spiro atoms. The van der Waals surface area contributed by atoms with Crippen LogP contribution in [0, 0.1) is 11.7 Å². The third-order valence-electron chi connectivity index (χ3n) is 4.53. The molecule has 2 unspecified atom stereocenters. The van der Waals surface area contributed by atoms with Crippen molar-refractivity contribution in [3.63, 3.8) is 0 Å². The zero-order valence-electron chi connectivity index (χ0n) is 11.9. The summed E-state index contributed by atoms with van der Waals surface area (Å²) >= 11 is 0. The van der Waals surface area contributed by atoms with E-state index in [0.29, 0.717) is 23.7 Å². The van der Waals surface area contributed by atoms with Gasteiger partial charge in [-0.1, -0.05) is 38.3 Å². The third-order valence-corrected chi connectivity index (χ3v) is 4.53. The quantitative estimate of drug-likeness (QED) is 0.901. The minimum absolute atomic E-state index is 0.254. The van der Waals surface area contributed by atoms with E-state index in [1.54, 1.807) is 6.07 Å². The molecule has 0 saturated heterocycles. The van der Waals surface area contributed by atoms with E-state index in [4.69, 9.17) is 10.5 Å². The predicted octanol–water partition coefficient (Wildman–Crippen LogP) is 3.67. The van der Waals surface area contributed by atoms with Crippen LogP contribution >= 0.6 is 0 Å². The van der Waals surface area contributed by atoms with Crippen LogP contribution < -0.4 is 10.5 Å². The Morgan fingerprint density at radius 1 is 1.42 bits per heavy atom. The van der Waals surface area contributed by atoms with Gasteiger partial charge in [0.1, 0.15) is 0 Å². The van der Waals surface area contributed by atoms with Crippen LogP contribution in [0.15, 0.2) is 18.2 Å². The Hall–Kier alpha value is -1.09. The Labute approximate surface area is 115 Å². The molecule has 0 aliphatic heterocycles. The van der Waals surface area contributed by atoms with E-state index in [2.05, 4.69) is 6.92 Å². The van der Waals surface area contributed by atoms with Crippen molar-refractivity contribution in [1.29, 1.82) is 0 Å². The SMILES string of the molecule is CCC1CCCCC1(N)Cc1cccc(OC)c1F. The second kappa shape index (κ2) is 5.91. The Bertz CT molecular complexity index is 435. The average Bonchev–Trinajstić information content (AvgIpc) is 2.41. The summed E-state index contributed by atoms with van der Waals surface area (Å²) in [7, 11) is 1.50. The molecule has 3 heteroatoms. The fourth-order valence-electron chi connectivity index (χ4n) is 3.38. The predicted molar refractivity (Wildman–Crippen MR) is 75.8 cm³/mol. The molecule has 106 valence electrons. The normalized spacial score (nSPS) is 27.3. The smallest absolute Gasteiger partial charge is 0.168 e. The van der Waals surface area contributed by atoms with Crippen LogP contribution in [-0.4, -0.2) is 12.6 Å². The summed E-state index contributed by atoms with van der Waals surface area (Å²) in [5.41, 5.74) is 7.02. The summed E-state index contributed by atoms with van der Waals surface area (Å²) in [5, 5.41) is 0. The van der Waals surface area contributed by atoms with Crippen molar-refractivity contribution < 1.29 is 9.13 Å². The maximum Gasteiger partial charge on any atom is 0.168 e. The molecule has 2 atom stereocenters. The number of halogens is 1. The number of hydrogen-bond donors (Lipinski definition) is 1. The maximum atomic E-state index is 14.2. The molecule has 2 N–H and O–H groups in total. The second-order valence-electron chi connectivity index (χ2n) is 5.69. The highest BCUT2D eigenvalue weighted by molar-refractivity contribution is 5.32. The number of nitrogens with two attached hydrogens (primary N) is 1. The molecule has 0 heterocycles. The van der Waals surface area contributed by atoms with Gasteiger partial charge in [-0.3, -0.25) is 0 Å². The molecule has 0 amide bonds. The Morgan fingerprint density at radius 2 is 2.21 bits per heavy atom. The summed E-state index contributed by atoms with van der Waals surface area (Å²) in [5.74, 6) is 0.548. The molecule has 1 aliphatic carbocycles. The standard InChI is InChI=1S/C16H24FNO/c1-3-13-8-4-5-10-16(13,18)11-12-7-6-9-14(19-2)15(12)17/h6-7,9,13H,3-5,8,10-11,18H2,1-2H3. The van der Waals surface area contributed by atoms with E-state index in [-0.39, 0.29) is 11.4 Å². The fraction of sp³-hybridized carbons (Fsp3) is 0.625. The van der Waals surface area contributed by atoms with E-state index < -0.39 is 0 Å².